The molecular weight excluding hydrogens is 360 g/mol. The van der Waals surface area contributed by atoms with Gasteiger partial charge in [-0.05, 0) is 5.92 Å². The zero-order valence-electron chi connectivity index (χ0n) is 11.8. The van der Waals surface area contributed by atoms with Crippen LogP contribution in [0.5, 0.6) is 0 Å². The molecule has 0 amide bonds. The molecule has 1 fully saturated rings. The molecule has 2 aliphatic carbocycles. The highest BCUT2D eigenvalue weighted by Crippen LogP contribution is 2.74. The van der Waals surface area contributed by atoms with Gasteiger partial charge in [-0.1, -0.05) is 35.3 Å². The third-order valence-corrected chi connectivity index (χ3v) is 7.63. The Hall–Kier alpha value is 0.290. The standard InChI is InChI=1S/C13H15Cl4NO3/c1-6-8(7-4-5-21-18-7)12(17)10(15)9(14)11(6,16)13(12,19-2)20-3/h6,8H,4-5H2,1-3H3/t6-,8-,11?,12?/m1/s1. The number of nitrogens with zero attached hydrogens (tertiary/aromatic N) is 1. The summed E-state index contributed by atoms with van der Waals surface area (Å²) in [6, 6.07) is 0. The number of oxime groups is 1. The van der Waals surface area contributed by atoms with E-state index in [2.05, 4.69) is 5.16 Å². The van der Waals surface area contributed by atoms with Crippen LogP contribution < -0.4 is 0 Å². The number of ether oxygens (including phenoxy) is 2. The minimum absolute atomic E-state index is 0.188. The van der Waals surface area contributed by atoms with Crippen molar-refractivity contribution in [1.82, 2.24) is 0 Å². The zero-order chi connectivity index (χ0) is 15.6. The minimum Gasteiger partial charge on any atom is -0.395 e. The van der Waals surface area contributed by atoms with Crippen LogP contribution in [0.1, 0.15) is 13.3 Å². The number of hydrogen-bond donors (Lipinski definition) is 0. The minimum atomic E-state index is -1.37. The molecule has 0 radical (unpaired) electrons. The van der Waals surface area contributed by atoms with Crippen molar-refractivity contribution < 1.29 is 14.3 Å². The number of alkyl halides is 2. The van der Waals surface area contributed by atoms with Crippen molar-refractivity contribution in [2.45, 2.75) is 28.9 Å². The van der Waals surface area contributed by atoms with E-state index in [1.807, 2.05) is 6.92 Å². The lowest BCUT2D eigenvalue weighted by molar-refractivity contribution is -0.219. The first-order valence-corrected chi connectivity index (χ1v) is 8.07. The summed E-state index contributed by atoms with van der Waals surface area (Å²) >= 11 is 26.7. The SMILES string of the molecule is COC1(OC)C2(Cl)C(Cl)=C(Cl)C1(Cl)[C@@H](C1=NOCC1)[C@H]2C. The van der Waals surface area contributed by atoms with E-state index < -0.39 is 15.5 Å². The van der Waals surface area contributed by atoms with Crippen LogP contribution in [0.3, 0.4) is 0 Å². The van der Waals surface area contributed by atoms with Crippen LogP contribution in [-0.4, -0.2) is 42.1 Å². The van der Waals surface area contributed by atoms with E-state index in [4.69, 9.17) is 60.7 Å². The first-order chi connectivity index (χ1) is 9.82. The van der Waals surface area contributed by atoms with E-state index in [9.17, 15) is 0 Å². The maximum atomic E-state index is 6.95. The topological polar surface area (TPSA) is 40.0 Å². The summed E-state index contributed by atoms with van der Waals surface area (Å²) in [4.78, 5) is 2.71. The molecule has 0 aromatic rings. The summed E-state index contributed by atoms with van der Waals surface area (Å²) in [6.45, 7) is 2.46. The number of halogens is 4. The van der Waals surface area contributed by atoms with E-state index >= 15 is 0 Å². The van der Waals surface area contributed by atoms with Crippen LogP contribution >= 0.6 is 46.4 Å². The Morgan fingerprint density at radius 2 is 1.71 bits per heavy atom. The number of hydrogen-bond acceptors (Lipinski definition) is 4. The first kappa shape index (κ1) is 16.2. The lowest BCUT2D eigenvalue weighted by Crippen LogP contribution is -2.57. The number of methoxy groups -OCH3 is 2. The van der Waals surface area contributed by atoms with Gasteiger partial charge in [0, 0.05) is 26.6 Å². The number of fused-ring (bicyclic) bond motifs is 2. The van der Waals surface area contributed by atoms with Gasteiger partial charge in [0.15, 0.2) is 0 Å². The van der Waals surface area contributed by atoms with Crippen LogP contribution in [0.2, 0.25) is 0 Å². The van der Waals surface area contributed by atoms with Crippen molar-refractivity contribution in [3.05, 3.63) is 10.1 Å². The predicted molar refractivity (Wildman–Crippen MR) is 83.3 cm³/mol. The highest BCUT2D eigenvalue weighted by molar-refractivity contribution is 6.52. The van der Waals surface area contributed by atoms with Crippen molar-refractivity contribution in [3.63, 3.8) is 0 Å². The average Bonchev–Trinajstić information content (AvgIpc) is 3.06. The van der Waals surface area contributed by atoms with Gasteiger partial charge < -0.3 is 14.3 Å². The molecule has 3 rings (SSSR count). The summed E-state index contributed by atoms with van der Waals surface area (Å²) in [7, 11) is 2.97. The fourth-order valence-electron chi connectivity index (χ4n) is 4.02. The monoisotopic (exact) mass is 373 g/mol. The molecule has 8 heteroatoms. The second kappa shape index (κ2) is 4.89. The normalized spacial score (nSPS) is 44.2. The maximum absolute atomic E-state index is 6.95. The van der Waals surface area contributed by atoms with Crippen LogP contribution in [0, 0.1) is 11.8 Å². The third kappa shape index (κ3) is 1.50. The molecule has 0 saturated heterocycles. The summed E-state index contributed by atoms with van der Waals surface area (Å²) in [5.41, 5.74) is 0.806. The van der Waals surface area contributed by atoms with Gasteiger partial charge in [-0.2, -0.15) is 0 Å². The molecule has 0 aromatic heterocycles. The van der Waals surface area contributed by atoms with E-state index in [-0.39, 0.29) is 21.9 Å². The van der Waals surface area contributed by atoms with Crippen molar-refractivity contribution in [2.75, 3.05) is 20.8 Å². The van der Waals surface area contributed by atoms with Gasteiger partial charge in [0.2, 0.25) is 5.79 Å². The summed E-state index contributed by atoms with van der Waals surface area (Å²) < 4.78 is 11.3. The Bertz CT molecular complexity index is 548. The van der Waals surface area contributed by atoms with Gasteiger partial charge in [0.05, 0.1) is 15.8 Å². The smallest absolute Gasteiger partial charge is 0.218 e. The van der Waals surface area contributed by atoms with Crippen molar-refractivity contribution in [3.8, 4) is 0 Å². The molecule has 3 aliphatic rings. The zero-order valence-corrected chi connectivity index (χ0v) is 14.8. The molecular formula is C13H15Cl4NO3. The van der Waals surface area contributed by atoms with Crippen LogP contribution in [0.4, 0.5) is 0 Å². The number of rotatable bonds is 3. The van der Waals surface area contributed by atoms with Gasteiger partial charge in [0.1, 0.15) is 16.4 Å². The van der Waals surface area contributed by atoms with E-state index in [1.54, 1.807) is 0 Å². The maximum Gasteiger partial charge on any atom is 0.218 e. The Kier molecular flexibility index (Phi) is 3.76. The van der Waals surface area contributed by atoms with E-state index in [0.717, 1.165) is 5.71 Å². The molecule has 2 unspecified atom stereocenters. The lowest BCUT2D eigenvalue weighted by atomic mass is 9.79. The Balaban J connectivity index is 2.26. The predicted octanol–water partition coefficient (Wildman–Crippen LogP) is 3.68. The van der Waals surface area contributed by atoms with Crippen molar-refractivity contribution in [1.29, 1.82) is 0 Å². The lowest BCUT2D eigenvalue weighted by Gasteiger charge is -2.41. The highest BCUT2D eigenvalue weighted by atomic mass is 35.5. The Morgan fingerprint density at radius 1 is 1.14 bits per heavy atom. The molecule has 0 aromatic carbocycles. The largest absolute Gasteiger partial charge is 0.395 e. The van der Waals surface area contributed by atoms with Crippen LogP contribution in [0.15, 0.2) is 15.2 Å². The Labute approximate surface area is 143 Å². The summed E-state index contributed by atoms with van der Waals surface area (Å²) in [5.74, 6) is -1.84. The third-order valence-electron chi connectivity index (χ3n) is 4.91. The van der Waals surface area contributed by atoms with Crippen LogP contribution in [0.25, 0.3) is 0 Å². The van der Waals surface area contributed by atoms with E-state index in [0.29, 0.717) is 13.0 Å². The first-order valence-electron chi connectivity index (χ1n) is 6.56. The highest BCUT2D eigenvalue weighted by Gasteiger charge is 2.84. The molecule has 21 heavy (non-hydrogen) atoms. The van der Waals surface area contributed by atoms with Gasteiger partial charge in [-0.3, -0.25) is 0 Å². The molecule has 4 atom stereocenters. The quantitative estimate of drug-likeness (QED) is 0.558. The molecule has 1 aliphatic heterocycles. The van der Waals surface area contributed by atoms with Crippen molar-refractivity contribution in [2.24, 2.45) is 17.0 Å². The van der Waals surface area contributed by atoms with E-state index in [1.165, 1.54) is 14.2 Å². The average molecular weight is 375 g/mol. The summed E-state index contributed by atoms with van der Waals surface area (Å²) in [6.07, 6.45) is 0.668. The second-order valence-corrected chi connectivity index (χ2v) is 7.46. The summed E-state index contributed by atoms with van der Waals surface area (Å²) in [5, 5.41) is 4.62. The van der Waals surface area contributed by atoms with Gasteiger partial charge >= 0.3 is 0 Å². The van der Waals surface area contributed by atoms with Crippen molar-refractivity contribution >= 4 is 52.1 Å². The Morgan fingerprint density at radius 3 is 2.14 bits per heavy atom. The molecule has 118 valence electrons. The fourth-order valence-corrected chi connectivity index (χ4v) is 6.24. The second-order valence-electron chi connectivity index (χ2n) is 5.51. The molecule has 2 bridgehead atoms. The fraction of sp³-hybridized carbons (Fsp3) is 0.769. The van der Waals surface area contributed by atoms with Crippen LogP contribution in [-0.2, 0) is 14.3 Å². The van der Waals surface area contributed by atoms with Gasteiger partial charge in [-0.15, -0.1) is 23.2 Å². The van der Waals surface area contributed by atoms with Gasteiger partial charge in [-0.25, -0.2) is 0 Å². The molecule has 1 saturated carbocycles. The molecule has 4 nitrogen and oxygen atoms in total. The molecule has 1 heterocycles. The van der Waals surface area contributed by atoms with Gasteiger partial charge in [0.25, 0.3) is 0 Å². The molecule has 0 spiro atoms. The molecule has 0 N–H and O–H groups in total.